The van der Waals surface area contributed by atoms with Gasteiger partial charge in [0.05, 0.1) is 5.02 Å². The van der Waals surface area contributed by atoms with E-state index in [2.05, 4.69) is 5.32 Å². The van der Waals surface area contributed by atoms with E-state index < -0.39 is 17.5 Å². The molecule has 21 heavy (non-hydrogen) atoms. The van der Waals surface area contributed by atoms with Crippen LogP contribution in [0.25, 0.3) is 0 Å². The first-order valence-electron chi connectivity index (χ1n) is 6.54. The van der Waals surface area contributed by atoms with Crippen LogP contribution in [0.15, 0.2) is 36.4 Å². The van der Waals surface area contributed by atoms with Crippen molar-refractivity contribution in [3.63, 3.8) is 0 Å². The van der Waals surface area contributed by atoms with Gasteiger partial charge >= 0.3 is 0 Å². The molecule has 112 valence electrons. The van der Waals surface area contributed by atoms with Crippen LogP contribution in [0.3, 0.4) is 0 Å². The molecule has 5 heteroatoms. The smallest absolute Gasteiger partial charge is 0.159 e. The second-order valence-corrected chi connectivity index (χ2v) is 5.30. The van der Waals surface area contributed by atoms with Crippen LogP contribution in [-0.2, 0) is 12.8 Å². The van der Waals surface area contributed by atoms with Crippen LogP contribution in [0, 0.1) is 17.5 Å². The number of rotatable bonds is 5. The predicted molar refractivity (Wildman–Crippen MR) is 78.0 cm³/mol. The third-order valence-electron chi connectivity index (χ3n) is 3.34. The van der Waals surface area contributed by atoms with E-state index in [-0.39, 0.29) is 11.1 Å². The Morgan fingerprint density at radius 3 is 2.00 bits per heavy atom. The van der Waals surface area contributed by atoms with Crippen molar-refractivity contribution in [1.82, 2.24) is 5.32 Å². The zero-order chi connectivity index (χ0) is 15.4. The van der Waals surface area contributed by atoms with E-state index in [0.717, 1.165) is 11.6 Å². The highest BCUT2D eigenvalue weighted by Crippen LogP contribution is 2.18. The van der Waals surface area contributed by atoms with Crippen LogP contribution in [0.1, 0.15) is 11.1 Å². The lowest BCUT2D eigenvalue weighted by atomic mass is 9.99. The Labute approximate surface area is 126 Å². The van der Waals surface area contributed by atoms with Crippen LogP contribution < -0.4 is 5.32 Å². The summed E-state index contributed by atoms with van der Waals surface area (Å²) in [7, 11) is 1.77. The maximum atomic E-state index is 13.4. The van der Waals surface area contributed by atoms with Gasteiger partial charge in [-0.3, -0.25) is 0 Å². The lowest BCUT2D eigenvalue weighted by Crippen LogP contribution is -2.30. The molecule has 0 aromatic heterocycles. The van der Waals surface area contributed by atoms with E-state index in [9.17, 15) is 13.2 Å². The standard InChI is InChI=1S/C16H15ClF3N/c1-21-12(6-10-2-4-13(17)15(19)8-10)7-11-3-5-14(18)16(20)9-11/h2-5,8-9,12,21H,6-7H2,1H3. The van der Waals surface area contributed by atoms with E-state index in [1.54, 1.807) is 19.2 Å². The van der Waals surface area contributed by atoms with Crippen molar-refractivity contribution in [3.05, 3.63) is 70.0 Å². The molecule has 0 saturated heterocycles. The highest BCUT2D eigenvalue weighted by atomic mass is 35.5. The van der Waals surface area contributed by atoms with Gasteiger partial charge in [0.15, 0.2) is 11.6 Å². The Bertz CT molecular complexity index is 577. The highest BCUT2D eigenvalue weighted by Gasteiger charge is 2.12. The first kappa shape index (κ1) is 15.9. The van der Waals surface area contributed by atoms with Gasteiger partial charge < -0.3 is 5.32 Å². The van der Waals surface area contributed by atoms with E-state index in [1.165, 1.54) is 18.2 Å². The Kier molecular flexibility index (Phi) is 5.26. The summed E-state index contributed by atoms with van der Waals surface area (Å²) in [6, 6.07) is 8.47. The Morgan fingerprint density at radius 2 is 1.48 bits per heavy atom. The quantitative estimate of drug-likeness (QED) is 0.875. The molecule has 2 aromatic rings. The molecule has 0 aliphatic carbocycles. The molecule has 0 fully saturated rings. The molecule has 0 aliphatic rings. The third kappa shape index (κ3) is 4.22. The minimum Gasteiger partial charge on any atom is -0.316 e. The van der Waals surface area contributed by atoms with Crippen molar-refractivity contribution in [2.75, 3.05) is 7.05 Å². The Balaban J connectivity index is 2.08. The lowest BCUT2D eigenvalue weighted by Gasteiger charge is -2.16. The van der Waals surface area contributed by atoms with Gasteiger partial charge in [-0.25, -0.2) is 13.2 Å². The second kappa shape index (κ2) is 6.96. The number of hydrogen-bond acceptors (Lipinski definition) is 1. The summed E-state index contributed by atoms with van der Waals surface area (Å²) in [4.78, 5) is 0. The molecule has 2 rings (SSSR count). The second-order valence-electron chi connectivity index (χ2n) is 4.89. The van der Waals surface area contributed by atoms with Crippen molar-refractivity contribution in [3.8, 4) is 0 Å². The molecule has 2 aromatic carbocycles. The van der Waals surface area contributed by atoms with Crippen LogP contribution in [0.5, 0.6) is 0 Å². The van der Waals surface area contributed by atoms with Gasteiger partial charge in [0.1, 0.15) is 5.82 Å². The topological polar surface area (TPSA) is 12.0 Å². The SMILES string of the molecule is CNC(Cc1ccc(F)c(F)c1)Cc1ccc(Cl)c(F)c1. The van der Waals surface area contributed by atoms with Gasteiger partial charge in [0.2, 0.25) is 0 Å². The largest absolute Gasteiger partial charge is 0.316 e. The lowest BCUT2D eigenvalue weighted by molar-refractivity contribution is 0.503. The summed E-state index contributed by atoms with van der Waals surface area (Å²) < 4.78 is 39.5. The van der Waals surface area contributed by atoms with Gasteiger partial charge in [-0.15, -0.1) is 0 Å². The van der Waals surface area contributed by atoms with Gasteiger partial charge in [-0.05, 0) is 55.3 Å². The predicted octanol–water partition coefficient (Wildman–Crippen LogP) is 4.13. The Hall–Kier alpha value is -1.52. The molecular weight excluding hydrogens is 299 g/mol. The fraction of sp³-hybridized carbons (Fsp3) is 0.250. The van der Waals surface area contributed by atoms with E-state index in [4.69, 9.17) is 11.6 Å². The van der Waals surface area contributed by atoms with Crippen molar-refractivity contribution >= 4 is 11.6 Å². The van der Waals surface area contributed by atoms with Crippen LogP contribution in [0.2, 0.25) is 5.02 Å². The first-order valence-corrected chi connectivity index (χ1v) is 6.92. The minimum absolute atomic E-state index is 0.0181. The van der Waals surface area contributed by atoms with Gasteiger partial charge in [0, 0.05) is 6.04 Å². The van der Waals surface area contributed by atoms with Gasteiger partial charge in [-0.2, -0.15) is 0 Å². The summed E-state index contributed by atoms with van der Waals surface area (Å²) in [5, 5.41) is 3.18. The number of nitrogens with one attached hydrogen (secondary N) is 1. The minimum atomic E-state index is -0.862. The maximum Gasteiger partial charge on any atom is 0.159 e. The normalized spacial score (nSPS) is 12.4. The average molecular weight is 314 g/mol. The van der Waals surface area contributed by atoms with Crippen LogP contribution >= 0.6 is 11.6 Å². The molecule has 0 spiro atoms. The molecule has 1 N–H and O–H groups in total. The number of hydrogen-bond donors (Lipinski definition) is 1. The third-order valence-corrected chi connectivity index (χ3v) is 3.65. The summed E-state index contributed by atoms with van der Waals surface area (Å²) in [5.74, 6) is -2.18. The molecule has 0 bridgehead atoms. The van der Waals surface area contributed by atoms with Crippen LogP contribution in [-0.4, -0.2) is 13.1 Å². The average Bonchev–Trinajstić information content (AvgIpc) is 2.46. The summed E-state index contributed by atoms with van der Waals surface area (Å²) in [6.45, 7) is 0. The summed E-state index contributed by atoms with van der Waals surface area (Å²) in [6.07, 6.45) is 1.07. The van der Waals surface area contributed by atoms with Crippen molar-refractivity contribution < 1.29 is 13.2 Å². The monoisotopic (exact) mass is 313 g/mol. The fourth-order valence-electron chi connectivity index (χ4n) is 2.18. The number of likely N-dealkylation sites (N-methyl/N-ethyl adjacent to an activating group) is 1. The van der Waals surface area contributed by atoms with Crippen molar-refractivity contribution in [2.24, 2.45) is 0 Å². The van der Waals surface area contributed by atoms with E-state index >= 15 is 0 Å². The fourth-order valence-corrected chi connectivity index (χ4v) is 2.30. The van der Waals surface area contributed by atoms with E-state index in [1.807, 2.05) is 0 Å². The first-order chi connectivity index (χ1) is 9.99. The molecule has 0 heterocycles. The van der Waals surface area contributed by atoms with Gasteiger partial charge in [-0.1, -0.05) is 23.7 Å². The zero-order valence-corrected chi connectivity index (χ0v) is 12.2. The van der Waals surface area contributed by atoms with Crippen molar-refractivity contribution in [2.45, 2.75) is 18.9 Å². The summed E-state index contributed by atoms with van der Waals surface area (Å²) >= 11 is 5.65. The molecule has 0 saturated carbocycles. The van der Waals surface area contributed by atoms with E-state index in [0.29, 0.717) is 18.4 Å². The Morgan fingerprint density at radius 1 is 0.905 bits per heavy atom. The highest BCUT2D eigenvalue weighted by molar-refractivity contribution is 6.30. The van der Waals surface area contributed by atoms with Crippen molar-refractivity contribution in [1.29, 1.82) is 0 Å². The molecule has 0 amide bonds. The molecule has 1 nitrogen and oxygen atoms in total. The molecule has 0 aliphatic heterocycles. The summed E-state index contributed by atoms with van der Waals surface area (Å²) in [5.41, 5.74) is 1.47. The molecule has 1 atom stereocenters. The van der Waals surface area contributed by atoms with Crippen LogP contribution in [0.4, 0.5) is 13.2 Å². The molecule has 0 radical (unpaired) electrons. The maximum absolute atomic E-state index is 13.4. The molecular formula is C16H15ClF3N. The zero-order valence-electron chi connectivity index (χ0n) is 11.5. The van der Waals surface area contributed by atoms with Gasteiger partial charge in [0.25, 0.3) is 0 Å². The number of halogens is 4. The number of benzene rings is 2. The molecule has 1 unspecified atom stereocenters.